The molecule has 8 bridgehead atoms. The van der Waals surface area contributed by atoms with Crippen molar-refractivity contribution in [2.45, 2.75) is 150 Å². The Morgan fingerprint density at radius 2 is 1.00 bits per heavy atom. The van der Waals surface area contributed by atoms with E-state index in [2.05, 4.69) is 34.1 Å². The molecule has 0 aromatic heterocycles. The first-order chi connectivity index (χ1) is 43.4. The molecule has 4 fully saturated rings. The molecule has 484 valence electrons. The van der Waals surface area contributed by atoms with Crippen molar-refractivity contribution in [2.24, 2.45) is 35.5 Å². The van der Waals surface area contributed by atoms with Gasteiger partial charge in [-0.15, -0.1) is 0 Å². The minimum absolute atomic E-state index is 0.235. The number of carbonyl (C=O) groups excluding carboxylic acids is 4. The van der Waals surface area contributed by atoms with Crippen LogP contribution in [0, 0.1) is 35.5 Å². The molecule has 16 nitrogen and oxygen atoms in total. The lowest BCUT2D eigenvalue weighted by Gasteiger charge is -2.48. The summed E-state index contributed by atoms with van der Waals surface area (Å²) in [6.45, 7) is 6.85. The fraction of sp³-hybridized carbons (Fsp3) is 0.611. The van der Waals surface area contributed by atoms with Gasteiger partial charge in [-0.25, -0.2) is 9.59 Å². The summed E-state index contributed by atoms with van der Waals surface area (Å²) < 4.78 is 36.4. The number of amides is 2. The summed E-state index contributed by atoms with van der Waals surface area (Å²) >= 11 is 12.9. The SMILES string of the molecule is COC(=O)[C@@]1(O)CC(=O)N(C)CC[C@@H]2CCO[C@@H](C2)[C@@H]2CC[C@H]2CN2C[C@@]3(CCCc4cc(Cl)ccc43)COc3ccc1cc32.COC(=O)[C@]1(O)CC(=O)N(C)CC[C@@H]2CCO[C@@H](C2)[C@@H]2CC[C@H]2CN2C[C@@]3(CCCc4cc(Cl)ccc43)COc3ccc1cc32. The standard InChI is InChI=1S/2C36H45ClN2O6/c2*1-38-14-11-23-12-15-44-32(16-23)28-8-5-25(28)20-39-21-35(13-3-4-24-17-27(37)7-9-29(24)35)22-45-31-10-6-26(18-30(31)39)36(42,19-33(38)40)34(41)43-2/h2*6-7,9-10,17-18,23,25,28,32,42H,3-5,8,11-16,19-22H2,1-2H3/t23-,25+,28-,32+,35+,36+;23-,25+,28-,32+,35+,36-/m11/s1. The van der Waals surface area contributed by atoms with Gasteiger partial charge in [-0.3, -0.25) is 9.59 Å². The van der Waals surface area contributed by atoms with Crippen LogP contribution in [0.4, 0.5) is 11.4 Å². The van der Waals surface area contributed by atoms with Crippen LogP contribution in [0.1, 0.15) is 136 Å². The predicted octanol–water partition coefficient (Wildman–Crippen LogP) is 10.5. The highest BCUT2D eigenvalue weighted by Crippen LogP contribution is 2.52. The number of anilines is 2. The Labute approximate surface area is 540 Å². The molecule has 10 aliphatic rings. The van der Waals surface area contributed by atoms with Crippen LogP contribution in [0.5, 0.6) is 11.5 Å². The van der Waals surface area contributed by atoms with Crippen LogP contribution in [-0.2, 0) is 73.0 Å². The van der Waals surface area contributed by atoms with Gasteiger partial charge in [-0.1, -0.05) is 47.5 Å². The molecule has 6 aliphatic heterocycles. The summed E-state index contributed by atoms with van der Waals surface area (Å²) in [5, 5.41) is 25.5. The maximum absolute atomic E-state index is 13.5. The van der Waals surface area contributed by atoms with Crippen LogP contribution < -0.4 is 19.3 Å². The highest BCUT2D eigenvalue weighted by molar-refractivity contribution is 6.31. The maximum atomic E-state index is 13.5. The number of fused-ring (bicyclic) bond motifs is 14. The number of hydrogen-bond donors (Lipinski definition) is 2. The summed E-state index contributed by atoms with van der Waals surface area (Å²) in [4.78, 5) is 61.7. The van der Waals surface area contributed by atoms with E-state index in [1.54, 1.807) is 36.0 Å². The highest BCUT2D eigenvalue weighted by atomic mass is 35.5. The molecule has 6 heterocycles. The average Bonchev–Trinajstić information content (AvgIpc) is 1.50. The first-order valence-electron chi connectivity index (χ1n) is 33.3. The third-order valence-corrected chi connectivity index (χ3v) is 23.6. The molecule has 2 N–H and O–H groups in total. The van der Waals surface area contributed by atoms with E-state index in [9.17, 15) is 29.4 Å². The monoisotopic (exact) mass is 1270 g/mol. The molecule has 2 saturated carbocycles. The van der Waals surface area contributed by atoms with E-state index in [4.69, 9.17) is 51.6 Å². The molecule has 4 aromatic rings. The summed E-state index contributed by atoms with van der Waals surface area (Å²) in [6.07, 6.45) is 16.1. The molecule has 14 rings (SSSR count). The summed E-state index contributed by atoms with van der Waals surface area (Å²) in [5.41, 5.74) is 2.79. The number of nitrogens with zero attached hydrogens (tertiary/aromatic N) is 4. The summed E-state index contributed by atoms with van der Waals surface area (Å²) in [7, 11) is 6.01. The smallest absolute Gasteiger partial charge is 0.343 e. The van der Waals surface area contributed by atoms with Crippen molar-refractivity contribution in [1.82, 2.24) is 9.80 Å². The molecule has 2 spiro atoms. The number of carbonyl (C=O) groups is 4. The second kappa shape index (κ2) is 25.7. The third-order valence-electron chi connectivity index (χ3n) is 23.2. The van der Waals surface area contributed by atoms with E-state index in [1.165, 1.54) is 36.5 Å². The average molecular weight is 1270 g/mol. The van der Waals surface area contributed by atoms with Crippen molar-refractivity contribution >= 4 is 58.3 Å². The molecule has 2 amide bonds. The predicted molar refractivity (Wildman–Crippen MR) is 343 cm³/mol. The van der Waals surface area contributed by atoms with Gasteiger partial charge < -0.3 is 58.2 Å². The van der Waals surface area contributed by atoms with E-state index in [0.29, 0.717) is 72.9 Å². The Kier molecular flexibility index (Phi) is 18.0. The van der Waals surface area contributed by atoms with E-state index < -0.39 is 36.0 Å². The van der Waals surface area contributed by atoms with Gasteiger partial charge in [0, 0.05) is 87.5 Å². The van der Waals surface area contributed by atoms with E-state index in [0.717, 1.165) is 175 Å². The van der Waals surface area contributed by atoms with E-state index >= 15 is 0 Å². The maximum Gasteiger partial charge on any atom is 0.343 e. The van der Waals surface area contributed by atoms with Gasteiger partial charge in [0.05, 0.1) is 63.9 Å². The second-order valence-corrected chi connectivity index (χ2v) is 29.3. The van der Waals surface area contributed by atoms with Crippen molar-refractivity contribution in [3.63, 3.8) is 0 Å². The normalized spacial score (nSPS) is 33.3. The zero-order valence-corrected chi connectivity index (χ0v) is 54.4. The Morgan fingerprint density at radius 1 is 0.567 bits per heavy atom. The minimum atomic E-state index is -2.13. The molecular weight excluding hydrogens is 1180 g/mol. The van der Waals surface area contributed by atoms with Crippen molar-refractivity contribution < 1.29 is 57.8 Å². The van der Waals surface area contributed by atoms with Gasteiger partial charge in [0.2, 0.25) is 11.8 Å². The Hall–Kier alpha value is -5.62. The molecule has 18 heteroatoms. The molecule has 0 radical (unpaired) electrons. The fourth-order valence-electron chi connectivity index (χ4n) is 17.5. The largest absolute Gasteiger partial charge is 0.490 e. The van der Waals surface area contributed by atoms with Gasteiger partial charge in [0.15, 0.2) is 11.2 Å². The minimum Gasteiger partial charge on any atom is -0.490 e. The molecule has 2 saturated heterocycles. The van der Waals surface area contributed by atoms with E-state index in [-0.39, 0.29) is 34.9 Å². The molecule has 12 atom stereocenters. The lowest BCUT2D eigenvalue weighted by atomic mass is 9.67. The van der Waals surface area contributed by atoms with Crippen LogP contribution in [-0.4, -0.2) is 150 Å². The van der Waals surface area contributed by atoms with Gasteiger partial charge >= 0.3 is 11.9 Å². The third kappa shape index (κ3) is 12.1. The Morgan fingerprint density at radius 3 is 1.40 bits per heavy atom. The number of esters is 2. The zero-order chi connectivity index (χ0) is 62.7. The van der Waals surface area contributed by atoms with Crippen LogP contribution in [0.2, 0.25) is 10.0 Å². The number of rotatable bonds is 2. The number of benzene rings is 4. The van der Waals surface area contributed by atoms with Gasteiger partial charge in [-0.2, -0.15) is 0 Å². The van der Waals surface area contributed by atoms with Crippen LogP contribution in [0.15, 0.2) is 72.8 Å². The van der Waals surface area contributed by atoms with Crippen molar-refractivity contribution in [2.75, 3.05) is 104 Å². The number of halogens is 2. The number of aliphatic hydroxyl groups is 2. The molecule has 90 heavy (non-hydrogen) atoms. The number of aryl methyl sites for hydroxylation is 2. The Balaban J connectivity index is 0.000000165. The molecule has 4 aromatic carbocycles. The summed E-state index contributed by atoms with van der Waals surface area (Å²) in [5.74, 6) is 2.02. The topological polar surface area (TPSA) is 177 Å². The second-order valence-electron chi connectivity index (χ2n) is 28.4. The van der Waals surface area contributed by atoms with Crippen molar-refractivity contribution in [3.8, 4) is 11.5 Å². The molecule has 0 unspecified atom stereocenters. The first-order valence-corrected chi connectivity index (χ1v) is 34.1. The lowest BCUT2D eigenvalue weighted by Crippen LogP contribution is -2.50. The Bertz CT molecular complexity index is 3150. The van der Waals surface area contributed by atoms with Crippen LogP contribution in [0.3, 0.4) is 0 Å². The van der Waals surface area contributed by atoms with Gasteiger partial charge in [-0.05, 0) is 220 Å². The quantitative estimate of drug-likeness (QED) is 0.181. The van der Waals surface area contributed by atoms with E-state index in [1.807, 2.05) is 36.4 Å². The summed E-state index contributed by atoms with van der Waals surface area (Å²) in [6, 6.07) is 23.4. The molecular formula is C72H90Cl2N4O12. The van der Waals surface area contributed by atoms with Crippen molar-refractivity contribution in [3.05, 3.63) is 116 Å². The lowest BCUT2D eigenvalue weighted by molar-refractivity contribution is -0.168. The highest BCUT2D eigenvalue weighted by Gasteiger charge is 2.51. The van der Waals surface area contributed by atoms with Crippen LogP contribution >= 0.6 is 23.2 Å². The fourth-order valence-corrected chi connectivity index (χ4v) is 17.9. The van der Waals surface area contributed by atoms with Gasteiger partial charge in [0.1, 0.15) is 11.5 Å². The number of methoxy groups -OCH3 is 2. The first kappa shape index (κ1) is 63.2. The molecule has 4 aliphatic carbocycles. The van der Waals surface area contributed by atoms with Crippen molar-refractivity contribution in [1.29, 1.82) is 0 Å². The zero-order valence-electron chi connectivity index (χ0n) is 52.9. The van der Waals surface area contributed by atoms with Gasteiger partial charge in [0.25, 0.3) is 0 Å². The number of hydrogen-bond acceptors (Lipinski definition) is 14. The van der Waals surface area contributed by atoms with Crippen LogP contribution in [0.25, 0.3) is 0 Å². The number of ether oxygens (including phenoxy) is 6.